The lowest BCUT2D eigenvalue weighted by atomic mass is 9.94. The highest BCUT2D eigenvalue weighted by molar-refractivity contribution is 5.33. The third-order valence-corrected chi connectivity index (χ3v) is 3.26. The molecule has 86 valence electrons. The van der Waals surface area contributed by atoms with Gasteiger partial charge in [-0.2, -0.15) is 0 Å². The molecule has 1 aliphatic rings. The molecule has 17 heavy (non-hydrogen) atoms. The van der Waals surface area contributed by atoms with Crippen LogP contribution in [0.3, 0.4) is 0 Å². The summed E-state index contributed by atoms with van der Waals surface area (Å²) in [5.74, 6) is 0.322. The van der Waals surface area contributed by atoms with Crippen molar-refractivity contribution in [2.75, 3.05) is 13.1 Å². The third kappa shape index (κ3) is 2.06. The normalized spacial score (nSPS) is 19.4. The highest BCUT2D eigenvalue weighted by Crippen LogP contribution is 2.26. The Morgan fingerprint density at radius 3 is 3.00 bits per heavy atom. The van der Waals surface area contributed by atoms with Crippen LogP contribution in [0.5, 0.6) is 0 Å². The van der Waals surface area contributed by atoms with Gasteiger partial charge in [-0.05, 0) is 36.2 Å². The first-order valence-electron chi connectivity index (χ1n) is 5.99. The number of hydrogen-bond donors (Lipinski definition) is 1. The molecule has 2 aromatic rings. The van der Waals surface area contributed by atoms with Crippen LogP contribution in [-0.4, -0.2) is 23.1 Å². The quantitative estimate of drug-likeness (QED) is 0.803. The summed E-state index contributed by atoms with van der Waals surface area (Å²) in [6.07, 6.45) is 6.69. The molecule has 0 bridgehead atoms. The number of aromatic nitrogens is 2. The second-order valence-electron chi connectivity index (χ2n) is 4.34. The van der Waals surface area contributed by atoms with E-state index in [1.807, 2.05) is 30.7 Å². The van der Waals surface area contributed by atoms with Crippen LogP contribution in [0.2, 0.25) is 0 Å². The topological polar surface area (TPSA) is 37.8 Å². The molecular weight excluding hydrogens is 210 g/mol. The summed E-state index contributed by atoms with van der Waals surface area (Å²) >= 11 is 0. The van der Waals surface area contributed by atoms with Crippen molar-refractivity contribution >= 4 is 0 Å². The number of nitrogens with zero attached hydrogens (tertiary/aromatic N) is 2. The summed E-state index contributed by atoms with van der Waals surface area (Å²) in [5.41, 5.74) is 3.79. The van der Waals surface area contributed by atoms with Crippen molar-refractivity contribution in [1.29, 1.82) is 0 Å². The minimum atomic E-state index is 0.322. The first-order valence-corrected chi connectivity index (χ1v) is 5.99. The van der Waals surface area contributed by atoms with Crippen LogP contribution in [0.1, 0.15) is 22.7 Å². The van der Waals surface area contributed by atoms with Gasteiger partial charge in [-0.15, -0.1) is 0 Å². The number of rotatable bonds is 1. The van der Waals surface area contributed by atoms with E-state index in [9.17, 15) is 0 Å². The van der Waals surface area contributed by atoms with E-state index in [-0.39, 0.29) is 0 Å². The second-order valence-corrected chi connectivity index (χ2v) is 4.34. The van der Waals surface area contributed by atoms with Crippen LogP contribution in [0, 0.1) is 0 Å². The molecule has 1 N–H and O–H groups in total. The zero-order chi connectivity index (χ0) is 11.5. The monoisotopic (exact) mass is 225 g/mol. The number of fused-ring (bicyclic) bond motifs is 1. The molecule has 0 aromatic carbocycles. The van der Waals surface area contributed by atoms with E-state index >= 15 is 0 Å². The van der Waals surface area contributed by atoms with E-state index in [1.165, 1.54) is 16.8 Å². The SMILES string of the molecule is c1cncc(C2CNCCc3cccnc32)c1. The predicted octanol–water partition coefficient (Wildman–Crippen LogP) is 1.75. The molecule has 0 spiro atoms. The van der Waals surface area contributed by atoms with Gasteiger partial charge < -0.3 is 5.32 Å². The molecule has 0 fully saturated rings. The first kappa shape index (κ1) is 10.4. The summed E-state index contributed by atoms with van der Waals surface area (Å²) in [6, 6.07) is 8.31. The fourth-order valence-electron chi connectivity index (χ4n) is 2.40. The Morgan fingerprint density at radius 2 is 2.12 bits per heavy atom. The van der Waals surface area contributed by atoms with Crippen molar-refractivity contribution < 1.29 is 0 Å². The maximum atomic E-state index is 4.57. The Balaban J connectivity index is 2.06. The lowest BCUT2D eigenvalue weighted by Crippen LogP contribution is -2.21. The molecule has 1 aliphatic heterocycles. The molecule has 1 unspecified atom stereocenters. The Bertz CT molecular complexity index is 496. The van der Waals surface area contributed by atoms with Gasteiger partial charge in [0, 0.05) is 31.1 Å². The van der Waals surface area contributed by atoms with Crippen LogP contribution in [0.4, 0.5) is 0 Å². The van der Waals surface area contributed by atoms with Gasteiger partial charge in [-0.25, -0.2) is 0 Å². The summed E-state index contributed by atoms with van der Waals surface area (Å²) in [5, 5.41) is 3.47. The Labute approximate surface area is 101 Å². The van der Waals surface area contributed by atoms with Crippen molar-refractivity contribution in [2.24, 2.45) is 0 Å². The molecule has 0 saturated heterocycles. The highest BCUT2D eigenvalue weighted by atomic mass is 14.9. The molecule has 0 aliphatic carbocycles. The molecule has 3 rings (SSSR count). The number of pyridine rings is 2. The van der Waals surface area contributed by atoms with Crippen molar-refractivity contribution in [1.82, 2.24) is 15.3 Å². The number of nitrogens with one attached hydrogen (secondary N) is 1. The lowest BCUT2D eigenvalue weighted by Gasteiger charge is -2.16. The van der Waals surface area contributed by atoms with Gasteiger partial charge in [0.2, 0.25) is 0 Å². The largest absolute Gasteiger partial charge is 0.315 e. The number of hydrogen-bond acceptors (Lipinski definition) is 3. The standard InChI is InChI=1S/C14H15N3/c1-4-12(9-15-6-1)13-10-16-8-5-11-3-2-7-17-14(11)13/h1-4,6-7,9,13,16H,5,8,10H2. The molecule has 1 atom stereocenters. The predicted molar refractivity (Wildman–Crippen MR) is 66.9 cm³/mol. The van der Waals surface area contributed by atoms with Crippen molar-refractivity contribution in [3.63, 3.8) is 0 Å². The van der Waals surface area contributed by atoms with Gasteiger partial charge >= 0.3 is 0 Å². The minimum absolute atomic E-state index is 0.322. The maximum Gasteiger partial charge on any atom is 0.0524 e. The Kier molecular flexibility index (Phi) is 2.84. The molecule has 3 nitrogen and oxygen atoms in total. The van der Waals surface area contributed by atoms with Gasteiger partial charge in [0.25, 0.3) is 0 Å². The Morgan fingerprint density at radius 1 is 1.18 bits per heavy atom. The summed E-state index contributed by atoms with van der Waals surface area (Å²) < 4.78 is 0. The van der Waals surface area contributed by atoms with Crippen LogP contribution >= 0.6 is 0 Å². The van der Waals surface area contributed by atoms with Crippen LogP contribution in [0.25, 0.3) is 0 Å². The van der Waals surface area contributed by atoms with Gasteiger partial charge in [0.05, 0.1) is 5.69 Å². The van der Waals surface area contributed by atoms with Crippen LogP contribution < -0.4 is 5.32 Å². The van der Waals surface area contributed by atoms with Crippen molar-refractivity contribution in [3.05, 3.63) is 59.7 Å². The van der Waals surface area contributed by atoms with E-state index in [2.05, 4.69) is 27.4 Å². The molecule has 0 amide bonds. The van der Waals surface area contributed by atoms with Gasteiger partial charge in [-0.1, -0.05) is 12.1 Å². The van der Waals surface area contributed by atoms with Crippen molar-refractivity contribution in [2.45, 2.75) is 12.3 Å². The molecular formula is C14H15N3. The molecule has 0 radical (unpaired) electrons. The smallest absolute Gasteiger partial charge is 0.0524 e. The zero-order valence-electron chi connectivity index (χ0n) is 9.63. The Hall–Kier alpha value is -1.74. The highest BCUT2D eigenvalue weighted by Gasteiger charge is 2.20. The van der Waals surface area contributed by atoms with Crippen LogP contribution in [-0.2, 0) is 6.42 Å². The maximum absolute atomic E-state index is 4.57. The average molecular weight is 225 g/mol. The van der Waals surface area contributed by atoms with E-state index in [0.29, 0.717) is 5.92 Å². The van der Waals surface area contributed by atoms with E-state index in [1.54, 1.807) is 0 Å². The van der Waals surface area contributed by atoms with E-state index in [0.717, 1.165) is 19.5 Å². The van der Waals surface area contributed by atoms with E-state index < -0.39 is 0 Å². The molecule has 2 aromatic heterocycles. The fraction of sp³-hybridized carbons (Fsp3) is 0.286. The average Bonchev–Trinajstić information content (AvgIpc) is 2.62. The van der Waals surface area contributed by atoms with E-state index in [4.69, 9.17) is 0 Å². The first-order chi connectivity index (χ1) is 8.45. The lowest BCUT2D eigenvalue weighted by molar-refractivity contribution is 0.657. The van der Waals surface area contributed by atoms with Gasteiger partial charge in [0.1, 0.15) is 0 Å². The van der Waals surface area contributed by atoms with Gasteiger partial charge in [0.15, 0.2) is 0 Å². The molecule has 3 heterocycles. The third-order valence-electron chi connectivity index (χ3n) is 3.26. The zero-order valence-corrected chi connectivity index (χ0v) is 9.63. The molecule has 3 heteroatoms. The van der Waals surface area contributed by atoms with Gasteiger partial charge in [-0.3, -0.25) is 9.97 Å². The summed E-state index contributed by atoms with van der Waals surface area (Å²) in [7, 11) is 0. The molecule has 0 saturated carbocycles. The summed E-state index contributed by atoms with van der Waals surface area (Å²) in [4.78, 5) is 8.78. The summed E-state index contributed by atoms with van der Waals surface area (Å²) in [6.45, 7) is 1.96. The fourth-order valence-corrected chi connectivity index (χ4v) is 2.40. The van der Waals surface area contributed by atoms with Crippen molar-refractivity contribution in [3.8, 4) is 0 Å². The van der Waals surface area contributed by atoms with Crippen LogP contribution in [0.15, 0.2) is 42.9 Å². The second kappa shape index (κ2) is 4.63. The minimum Gasteiger partial charge on any atom is -0.315 e.